The van der Waals surface area contributed by atoms with E-state index in [1.165, 1.54) is 23.9 Å². The van der Waals surface area contributed by atoms with Crippen LogP contribution in [0.4, 0.5) is 0 Å². The van der Waals surface area contributed by atoms with E-state index in [1.54, 1.807) is 0 Å². The quantitative estimate of drug-likeness (QED) is 0.583. The second kappa shape index (κ2) is 3.61. The summed E-state index contributed by atoms with van der Waals surface area (Å²) in [6, 6.07) is 1.33. The van der Waals surface area contributed by atoms with Gasteiger partial charge < -0.3 is 9.84 Å². The zero-order valence-electron chi connectivity index (χ0n) is 8.41. The minimum Gasteiger partial charge on any atom is -0.506 e. The van der Waals surface area contributed by atoms with E-state index in [-0.39, 0.29) is 17.1 Å². The summed E-state index contributed by atoms with van der Waals surface area (Å²) in [5.74, 6) is -0.839. The molecule has 0 radical (unpaired) electrons. The number of aliphatic hydroxyl groups is 1. The van der Waals surface area contributed by atoms with E-state index in [9.17, 15) is 9.90 Å². The molecule has 2 aromatic rings. The normalized spacial score (nSPS) is 10.3. The Kier molecular flexibility index (Phi) is 2.28. The van der Waals surface area contributed by atoms with Gasteiger partial charge in [-0.05, 0) is 0 Å². The van der Waals surface area contributed by atoms with Crippen molar-refractivity contribution in [2.24, 2.45) is 0 Å². The summed E-state index contributed by atoms with van der Waals surface area (Å²) in [4.78, 5) is 15.4. The van der Waals surface area contributed by atoms with Crippen LogP contribution in [0.2, 0.25) is 0 Å². The molecule has 7 nitrogen and oxygen atoms in total. The predicted octanol–water partition coefficient (Wildman–Crippen LogP) is 0.440. The number of rotatable bonds is 2. The number of carbonyl (C=O) groups is 1. The van der Waals surface area contributed by atoms with Crippen molar-refractivity contribution >= 4 is 17.4 Å². The molecule has 0 saturated heterocycles. The first-order valence-electron chi connectivity index (χ1n) is 4.31. The fraction of sp³-hybridized carbons (Fsp3) is 0.111. The first-order valence-corrected chi connectivity index (χ1v) is 4.31. The molecule has 0 amide bonds. The highest BCUT2D eigenvalue weighted by Crippen LogP contribution is 2.12. The number of ether oxygens (including phenoxy) is 1. The Labute approximate surface area is 90.0 Å². The van der Waals surface area contributed by atoms with E-state index in [1.807, 2.05) is 0 Å². The summed E-state index contributed by atoms with van der Waals surface area (Å²) < 4.78 is 5.80. The summed E-state index contributed by atoms with van der Waals surface area (Å²) >= 11 is 0. The number of aromatic nitrogens is 4. The summed E-state index contributed by atoms with van der Waals surface area (Å²) in [5.41, 5.74) is 0.624. The fourth-order valence-electron chi connectivity index (χ4n) is 1.22. The van der Waals surface area contributed by atoms with Crippen LogP contribution < -0.4 is 0 Å². The molecule has 2 heterocycles. The van der Waals surface area contributed by atoms with Crippen LogP contribution in [0.15, 0.2) is 18.8 Å². The van der Waals surface area contributed by atoms with Crippen molar-refractivity contribution in [3.8, 4) is 0 Å². The third kappa shape index (κ3) is 1.48. The Morgan fingerprint density at radius 2 is 2.38 bits per heavy atom. The first-order chi connectivity index (χ1) is 7.63. The van der Waals surface area contributed by atoms with E-state index in [0.29, 0.717) is 5.65 Å². The first kappa shape index (κ1) is 10.1. The summed E-state index contributed by atoms with van der Waals surface area (Å²) in [7, 11) is 1.25. The van der Waals surface area contributed by atoms with Gasteiger partial charge in [-0.15, -0.1) is 5.10 Å². The lowest BCUT2D eigenvalue weighted by Crippen LogP contribution is -2.11. The summed E-state index contributed by atoms with van der Waals surface area (Å²) in [6.07, 6.45) is 1.36. The van der Waals surface area contributed by atoms with Crippen LogP contribution in [0.25, 0.3) is 11.4 Å². The molecule has 0 aliphatic heterocycles. The Bertz CT molecular complexity index is 575. The Morgan fingerprint density at radius 3 is 3.00 bits per heavy atom. The van der Waals surface area contributed by atoms with E-state index in [4.69, 9.17) is 0 Å². The van der Waals surface area contributed by atoms with Gasteiger partial charge in [0.1, 0.15) is 11.5 Å². The molecule has 2 aromatic heterocycles. The maximum Gasteiger partial charge on any atom is 0.356 e. The maximum atomic E-state index is 11.5. The van der Waals surface area contributed by atoms with Gasteiger partial charge in [0.25, 0.3) is 0 Å². The highest BCUT2D eigenvalue weighted by Gasteiger charge is 2.15. The van der Waals surface area contributed by atoms with Crippen molar-refractivity contribution in [1.82, 2.24) is 19.8 Å². The zero-order chi connectivity index (χ0) is 11.7. The van der Waals surface area contributed by atoms with Crippen molar-refractivity contribution in [2.45, 2.75) is 0 Å². The molecule has 0 unspecified atom stereocenters. The van der Waals surface area contributed by atoms with Gasteiger partial charge in [0.05, 0.1) is 13.3 Å². The Morgan fingerprint density at radius 1 is 1.62 bits per heavy atom. The predicted molar refractivity (Wildman–Crippen MR) is 53.8 cm³/mol. The Hall–Kier alpha value is -2.44. The largest absolute Gasteiger partial charge is 0.506 e. The van der Waals surface area contributed by atoms with Crippen LogP contribution in [0.3, 0.4) is 0 Å². The van der Waals surface area contributed by atoms with Gasteiger partial charge in [-0.3, -0.25) is 0 Å². The molecule has 0 aromatic carbocycles. The smallest absolute Gasteiger partial charge is 0.356 e. The number of fused-ring (bicyclic) bond motifs is 1. The molecular formula is C9H8N4O3. The van der Waals surface area contributed by atoms with Crippen LogP contribution in [0.1, 0.15) is 16.2 Å². The lowest BCUT2D eigenvalue weighted by atomic mass is 10.3. The minimum atomic E-state index is -0.597. The topological polar surface area (TPSA) is 89.6 Å². The zero-order valence-corrected chi connectivity index (χ0v) is 8.41. The average Bonchev–Trinajstić information content (AvgIpc) is 2.74. The second-order valence-corrected chi connectivity index (χ2v) is 2.97. The monoisotopic (exact) mass is 220 g/mol. The van der Waals surface area contributed by atoms with Crippen LogP contribution in [0.5, 0.6) is 0 Å². The molecule has 0 fully saturated rings. The minimum absolute atomic E-state index is 0.121. The van der Waals surface area contributed by atoms with Crippen molar-refractivity contribution in [1.29, 1.82) is 0 Å². The standard InChI is InChI=1S/C9H8N4O3/c1-5(14)6-3-7(9(15)16-2)13-8(11-6)4-10-12-13/h3-4,14H,1H2,2H3. The van der Waals surface area contributed by atoms with E-state index in [0.717, 1.165) is 0 Å². The molecule has 2 rings (SSSR count). The van der Waals surface area contributed by atoms with Gasteiger partial charge in [-0.25, -0.2) is 9.78 Å². The SMILES string of the molecule is C=C(O)c1cc(C(=O)OC)n2nncc2n1. The molecule has 0 bridgehead atoms. The van der Waals surface area contributed by atoms with Gasteiger partial charge in [-0.2, -0.15) is 4.52 Å². The number of methoxy groups -OCH3 is 1. The molecule has 0 spiro atoms. The van der Waals surface area contributed by atoms with Crippen molar-refractivity contribution in [2.75, 3.05) is 7.11 Å². The van der Waals surface area contributed by atoms with Crippen LogP contribution in [-0.4, -0.2) is 38.0 Å². The third-order valence-corrected chi connectivity index (χ3v) is 1.96. The Balaban J connectivity index is 2.73. The number of esters is 1. The van der Waals surface area contributed by atoms with Crippen molar-refractivity contribution in [3.05, 3.63) is 30.2 Å². The summed E-state index contributed by atoms with van der Waals surface area (Å²) in [5, 5.41) is 16.5. The van der Waals surface area contributed by atoms with Crippen molar-refractivity contribution in [3.63, 3.8) is 0 Å². The number of hydrogen-bond donors (Lipinski definition) is 1. The molecule has 1 N–H and O–H groups in total. The molecule has 82 valence electrons. The highest BCUT2D eigenvalue weighted by molar-refractivity contribution is 5.88. The van der Waals surface area contributed by atoms with Gasteiger partial charge in [0.15, 0.2) is 11.3 Å². The van der Waals surface area contributed by atoms with E-state index >= 15 is 0 Å². The summed E-state index contributed by atoms with van der Waals surface area (Å²) in [6.45, 7) is 3.33. The number of hydrogen-bond acceptors (Lipinski definition) is 6. The molecule has 0 saturated carbocycles. The highest BCUT2D eigenvalue weighted by atomic mass is 16.5. The molecule has 0 atom stereocenters. The molecule has 7 heteroatoms. The van der Waals surface area contributed by atoms with Gasteiger partial charge in [-0.1, -0.05) is 11.8 Å². The van der Waals surface area contributed by atoms with Gasteiger partial charge in [0, 0.05) is 6.07 Å². The van der Waals surface area contributed by atoms with E-state index < -0.39 is 5.97 Å². The molecule has 0 aliphatic carbocycles. The van der Waals surface area contributed by atoms with Gasteiger partial charge >= 0.3 is 5.97 Å². The molecule has 0 aliphatic rings. The lowest BCUT2D eigenvalue weighted by molar-refractivity contribution is 0.0590. The van der Waals surface area contributed by atoms with Crippen LogP contribution >= 0.6 is 0 Å². The maximum absolute atomic E-state index is 11.5. The second-order valence-electron chi connectivity index (χ2n) is 2.97. The van der Waals surface area contributed by atoms with Crippen LogP contribution in [-0.2, 0) is 4.74 Å². The number of nitrogens with zero attached hydrogens (tertiary/aromatic N) is 4. The van der Waals surface area contributed by atoms with Crippen LogP contribution in [0, 0.1) is 0 Å². The van der Waals surface area contributed by atoms with E-state index in [2.05, 4.69) is 26.6 Å². The number of carbonyl (C=O) groups excluding carboxylic acids is 1. The van der Waals surface area contributed by atoms with Crippen molar-refractivity contribution < 1.29 is 14.6 Å². The third-order valence-electron chi connectivity index (χ3n) is 1.96. The fourth-order valence-corrected chi connectivity index (χ4v) is 1.22. The lowest BCUT2D eigenvalue weighted by Gasteiger charge is -2.04. The average molecular weight is 220 g/mol. The number of aliphatic hydroxyl groups excluding tert-OH is 1. The molecule has 16 heavy (non-hydrogen) atoms. The van der Waals surface area contributed by atoms with Gasteiger partial charge in [0.2, 0.25) is 0 Å². The molecular weight excluding hydrogens is 212 g/mol.